The molecule has 1 unspecified atom stereocenters. The number of para-hydroxylation sites is 1. The first-order chi connectivity index (χ1) is 12.1. The third-order valence-electron chi connectivity index (χ3n) is 3.57. The highest BCUT2D eigenvalue weighted by atomic mass is 32.1. The summed E-state index contributed by atoms with van der Waals surface area (Å²) in [5.41, 5.74) is 1.81. The van der Waals surface area contributed by atoms with Crippen LogP contribution in [0.1, 0.15) is 12.5 Å². The highest BCUT2D eigenvalue weighted by molar-refractivity contribution is 7.13. The Bertz CT molecular complexity index is 852. The molecule has 2 aromatic heterocycles. The van der Waals surface area contributed by atoms with Gasteiger partial charge in [-0.1, -0.05) is 18.2 Å². The number of aromatic nitrogens is 1. The minimum Gasteiger partial charge on any atom is -0.478 e. The van der Waals surface area contributed by atoms with Crippen molar-refractivity contribution < 1.29 is 13.9 Å². The maximum Gasteiger partial charge on any atom is 0.261 e. The summed E-state index contributed by atoms with van der Waals surface area (Å²) in [5, 5.41) is 4.79. The van der Waals surface area contributed by atoms with Crippen LogP contribution in [0.5, 0.6) is 5.75 Å². The molecule has 3 rings (SSSR count). The maximum absolute atomic E-state index is 13.6. The van der Waals surface area contributed by atoms with Gasteiger partial charge >= 0.3 is 0 Å². The Morgan fingerprint density at radius 3 is 2.88 bits per heavy atom. The van der Waals surface area contributed by atoms with E-state index in [-0.39, 0.29) is 11.7 Å². The zero-order chi connectivity index (χ0) is 17.6. The highest BCUT2D eigenvalue weighted by Gasteiger charge is 2.16. The molecule has 0 radical (unpaired) electrons. The van der Waals surface area contributed by atoms with E-state index in [4.69, 9.17) is 4.74 Å². The summed E-state index contributed by atoms with van der Waals surface area (Å²) in [4.78, 5) is 17.6. The van der Waals surface area contributed by atoms with E-state index >= 15 is 0 Å². The van der Waals surface area contributed by atoms with E-state index in [1.54, 1.807) is 36.6 Å². The Labute approximate surface area is 149 Å². The number of ether oxygens (including phenoxy) is 1. The standard InChI is InChI=1S/C19H17FN2O2S/c1-13(24-17-6-3-2-5-15(17)20)19(23)22-12-14-8-9-21-16(11-14)18-7-4-10-25-18/h2-11,13H,12H2,1H3,(H,22,23). The summed E-state index contributed by atoms with van der Waals surface area (Å²) in [6, 6.07) is 13.8. The van der Waals surface area contributed by atoms with E-state index < -0.39 is 11.9 Å². The zero-order valence-electron chi connectivity index (χ0n) is 13.6. The number of thiophene rings is 1. The minimum atomic E-state index is -0.796. The molecule has 0 aliphatic heterocycles. The van der Waals surface area contributed by atoms with Crippen molar-refractivity contribution in [3.8, 4) is 16.3 Å². The van der Waals surface area contributed by atoms with Gasteiger partial charge in [-0.3, -0.25) is 9.78 Å². The molecule has 0 saturated carbocycles. The third-order valence-corrected chi connectivity index (χ3v) is 4.47. The number of rotatable bonds is 6. The fourth-order valence-corrected chi connectivity index (χ4v) is 2.95. The lowest BCUT2D eigenvalue weighted by molar-refractivity contribution is -0.127. The molecule has 2 heterocycles. The van der Waals surface area contributed by atoms with Crippen LogP contribution in [0.3, 0.4) is 0 Å². The molecule has 1 amide bonds. The molecule has 1 N–H and O–H groups in total. The average Bonchev–Trinajstić information content (AvgIpc) is 3.16. The molecule has 0 aliphatic carbocycles. The lowest BCUT2D eigenvalue weighted by atomic mass is 10.2. The second-order valence-corrected chi connectivity index (χ2v) is 6.38. The summed E-state index contributed by atoms with van der Waals surface area (Å²) in [6.45, 7) is 1.94. The van der Waals surface area contributed by atoms with E-state index in [2.05, 4.69) is 10.3 Å². The zero-order valence-corrected chi connectivity index (χ0v) is 14.4. The van der Waals surface area contributed by atoms with Crippen LogP contribution >= 0.6 is 11.3 Å². The Balaban J connectivity index is 1.59. The number of benzene rings is 1. The second-order valence-electron chi connectivity index (χ2n) is 5.43. The van der Waals surface area contributed by atoms with Gasteiger partial charge in [-0.25, -0.2) is 4.39 Å². The molecule has 0 spiro atoms. The van der Waals surface area contributed by atoms with Crippen molar-refractivity contribution >= 4 is 17.2 Å². The maximum atomic E-state index is 13.6. The predicted octanol–water partition coefficient (Wildman–Crippen LogP) is 4.03. The van der Waals surface area contributed by atoms with Crippen LogP contribution < -0.4 is 10.1 Å². The normalized spacial score (nSPS) is 11.8. The highest BCUT2D eigenvalue weighted by Crippen LogP contribution is 2.23. The fourth-order valence-electron chi connectivity index (χ4n) is 2.26. The largest absolute Gasteiger partial charge is 0.478 e. The van der Waals surface area contributed by atoms with Crippen molar-refractivity contribution in [2.45, 2.75) is 19.6 Å². The first kappa shape index (κ1) is 17.1. The van der Waals surface area contributed by atoms with E-state index in [1.165, 1.54) is 12.1 Å². The Hall–Kier alpha value is -2.73. The van der Waals surface area contributed by atoms with Crippen LogP contribution in [0, 0.1) is 5.82 Å². The number of halogens is 1. The molecule has 3 aromatic rings. The SMILES string of the molecule is CC(Oc1ccccc1F)C(=O)NCc1ccnc(-c2cccs2)c1. The van der Waals surface area contributed by atoms with Crippen LogP contribution in [-0.4, -0.2) is 17.0 Å². The number of hydrogen-bond donors (Lipinski definition) is 1. The van der Waals surface area contributed by atoms with Crippen molar-refractivity contribution in [1.29, 1.82) is 0 Å². The fraction of sp³-hybridized carbons (Fsp3) is 0.158. The number of nitrogens with zero attached hydrogens (tertiary/aromatic N) is 1. The van der Waals surface area contributed by atoms with Gasteiger partial charge < -0.3 is 10.1 Å². The van der Waals surface area contributed by atoms with Crippen molar-refractivity contribution in [1.82, 2.24) is 10.3 Å². The van der Waals surface area contributed by atoms with Crippen molar-refractivity contribution in [2.24, 2.45) is 0 Å². The Morgan fingerprint density at radius 1 is 1.28 bits per heavy atom. The van der Waals surface area contributed by atoms with Gasteiger partial charge in [0.05, 0.1) is 10.6 Å². The first-order valence-electron chi connectivity index (χ1n) is 7.81. The lowest BCUT2D eigenvalue weighted by Gasteiger charge is -2.15. The molecule has 1 atom stereocenters. The number of carbonyl (C=O) groups excluding carboxylic acids is 1. The summed E-state index contributed by atoms with van der Waals surface area (Å²) >= 11 is 1.61. The summed E-state index contributed by atoms with van der Waals surface area (Å²) < 4.78 is 19.0. The molecular formula is C19H17FN2O2S. The Morgan fingerprint density at radius 2 is 2.12 bits per heavy atom. The van der Waals surface area contributed by atoms with Gasteiger partial charge in [0.1, 0.15) is 0 Å². The smallest absolute Gasteiger partial charge is 0.261 e. The van der Waals surface area contributed by atoms with Gasteiger partial charge in [-0.15, -0.1) is 11.3 Å². The van der Waals surface area contributed by atoms with Crippen LogP contribution in [0.15, 0.2) is 60.1 Å². The van der Waals surface area contributed by atoms with Crippen LogP contribution in [0.2, 0.25) is 0 Å². The van der Waals surface area contributed by atoms with Crippen molar-refractivity contribution in [2.75, 3.05) is 0 Å². The van der Waals surface area contributed by atoms with Crippen LogP contribution in [0.4, 0.5) is 4.39 Å². The molecular weight excluding hydrogens is 339 g/mol. The predicted molar refractivity (Wildman–Crippen MR) is 95.9 cm³/mol. The van der Waals surface area contributed by atoms with Gasteiger partial charge in [0.15, 0.2) is 17.7 Å². The quantitative estimate of drug-likeness (QED) is 0.725. The van der Waals surface area contributed by atoms with Gasteiger partial charge in [0, 0.05) is 12.7 Å². The number of hydrogen-bond acceptors (Lipinski definition) is 4. The average molecular weight is 356 g/mol. The Kier molecular flexibility index (Phi) is 5.40. The van der Waals surface area contributed by atoms with E-state index in [1.807, 2.05) is 29.6 Å². The van der Waals surface area contributed by atoms with Crippen LogP contribution in [0.25, 0.3) is 10.6 Å². The minimum absolute atomic E-state index is 0.0639. The lowest BCUT2D eigenvalue weighted by Crippen LogP contribution is -2.36. The molecule has 6 heteroatoms. The third kappa shape index (κ3) is 4.42. The molecule has 1 aromatic carbocycles. The molecule has 0 aliphatic rings. The second kappa shape index (κ2) is 7.90. The molecule has 128 valence electrons. The van der Waals surface area contributed by atoms with Crippen molar-refractivity contribution in [3.63, 3.8) is 0 Å². The van der Waals surface area contributed by atoms with E-state index in [0.29, 0.717) is 6.54 Å². The van der Waals surface area contributed by atoms with Gasteiger partial charge in [0.2, 0.25) is 0 Å². The molecule has 0 bridgehead atoms. The van der Waals surface area contributed by atoms with Gasteiger partial charge in [-0.05, 0) is 48.2 Å². The number of carbonyl (C=O) groups is 1. The monoisotopic (exact) mass is 356 g/mol. The topological polar surface area (TPSA) is 51.2 Å². The summed E-state index contributed by atoms with van der Waals surface area (Å²) in [5.74, 6) is -0.733. The van der Waals surface area contributed by atoms with Gasteiger partial charge in [-0.2, -0.15) is 0 Å². The molecule has 4 nitrogen and oxygen atoms in total. The number of pyridine rings is 1. The van der Waals surface area contributed by atoms with E-state index in [0.717, 1.165) is 16.1 Å². The molecule has 0 fully saturated rings. The van der Waals surface area contributed by atoms with Crippen molar-refractivity contribution in [3.05, 3.63) is 71.5 Å². The first-order valence-corrected chi connectivity index (χ1v) is 8.69. The summed E-state index contributed by atoms with van der Waals surface area (Å²) in [6.07, 6.45) is 0.922. The summed E-state index contributed by atoms with van der Waals surface area (Å²) in [7, 11) is 0. The van der Waals surface area contributed by atoms with Crippen LogP contribution in [-0.2, 0) is 11.3 Å². The van der Waals surface area contributed by atoms with Gasteiger partial charge in [0.25, 0.3) is 5.91 Å². The molecule has 25 heavy (non-hydrogen) atoms. The molecule has 0 saturated heterocycles. The van der Waals surface area contributed by atoms with E-state index in [9.17, 15) is 9.18 Å². The number of nitrogens with one attached hydrogen (secondary N) is 1. The number of amides is 1.